The van der Waals surface area contributed by atoms with E-state index in [1.165, 1.54) is 0 Å². The number of halogens is 4. The van der Waals surface area contributed by atoms with Gasteiger partial charge in [0.2, 0.25) is 0 Å². The number of benzene rings is 2. The minimum absolute atomic E-state index is 0.352. The fourth-order valence-electron chi connectivity index (χ4n) is 1.28. The van der Waals surface area contributed by atoms with Gasteiger partial charge in [-0.3, -0.25) is 0 Å². The first-order valence-electron chi connectivity index (χ1n) is 4.64. The van der Waals surface area contributed by atoms with Crippen molar-refractivity contribution in [1.82, 2.24) is 0 Å². The Labute approximate surface area is 119 Å². The SMILES string of the molecule is Clc1cc(Cl)cc(Oc2cccc(Cl)c2Cl)c1. The first kappa shape index (κ1) is 12.8. The molecule has 0 aliphatic carbocycles. The summed E-state index contributed by atoms with van der Waals surface area (Å²) >= 11 is 23.6. The Balaban J connectivity index is 2.34. The monoisotopic (exact) mass is 306 g/mol. The van der Waals surface area contributed by atoms with Gasteiger partial charge >= 0.3 is 0 Å². The molecule has 0 radical (unpaired) electrons. The fraction of sp³-hybridized carbons (Fsp3) is 0. The van der Waals surface area contributed by atoms with Crippen LogP contribution in [0.3, 0.4) is 0 Å². The van der Waals surface area contributed by atoms with Gasteiger partial charge in [-0.05, 0) is 30.3 Å². The lowest BCUT2D eigenvalue weighted by atomic mass is 10.3. The van der Waals surface area contributed by atoms with Gasteiger partial charge in [-0.15, -0.1) is 0 Å². The van der Waals surface area contributed by atoms with Gasteiger partial charge in [0.25, 0.3) is 0 Å². The van der Waals surface area contributed by atoms with Crippen molar-refractivity contribution in [3.05, 3.63) is 56.5 Å². The van der Waals surface area contributed by atoms with Crippen LogP contribution in [-0.2, 0) is 0 Å². The van der Waals surface area contributed by atoms with Crippen molar-refractivity contribution in [1.29, 1.82) is 0 Å². The molecule has 17 heavy (non-hydrogen) atoms. The maximum absolute atomic E-state index is 6.00. The van der Waals surface area contributed by atoms with E-state index in [-0.39, 0.29) is 0 Å². The molecule has 0 N–H and O–H groups in total. The van der Waals surface area contributed by atoms with Crippen molar-refractivity contribution in [3.63, 3.8) is 0 Å². The summed E-state index contributed by atoms with van der Waals surface area (Å²) in [6.07, 6.45) is 0. The minimum Gasteiger partial charge on any atom is -0.456 e. The van der Waals surface area contributed by atoms with Crippen LogP contribution in [-0.4, -0.2) is 0 Å². The molecule has 0 heterocycles. The van der Waals surface area contributed by atoms with Crippen LogP contribution >= 0.6 is 46.4 Å². The minimum atomic E-state index is 0.352. The zero-order chi connectivity index (χ0) is 12.4. The van der Waals surface area contributed by atoms with Crippen molar-refractivity contribution in [2.45, 2.75) is 0 Å². The second-order valence-electron chi connectivity index (χ2n) is 3.26. The molecule has 1 nitrogen and oxygen atoms in total. The van der Waals surface area contributed by atoms with Gasteiger partial charge in [-0.2, -0.15) is 0 Å². The van der Waals surface area contributed by atoms with E-state index in [4.69, 9.17) is 51.1 Å². The van der Waals surface area contributed by atoms with Crippen LogP contribution in [0.15, 0.2) is 36.4 Å². The van der Waals surface area contributed by atoms with E-state index in [9.17, 15) is 0 Å². The van der Waals surface area contributed by atoms with Gasteiger partial charge in [0.05, 0.1) is 5.02 Å². The Bertz CT molecular complexity index is 534. The van der Waals surface area contributed by atoms with E-state index in [0.717, 1.165) is 0 Å². The van der Waals surface area contributed by atoms with E-state index in [1.807, 2.05) is 0 Å². The molecule has 88 valence electrons. The Hall–Kier alpha value is -0.600. The molecule has 0 aliphatic rings. The third kappa shape index (κ3) is 3.20. The summed E-state index contributed by atoms with van der Waals surface area (Å²) in [6.45, 7) is 0. The Morgan fingerprint density at radius 3 is 2.12 bits per heavy atom. The first-order chi connectivity index (χ1) is 8.06. The van der Waals surface area contributed by atoms with Gasteiger partial charge in [0.1, 0.15) is 16.5 Å². The Kier molecular flexibility index (Phi) is 4.05. The predicted octanol–water partition coefficient (Wildman–Crippen LogP) is 6.09. The van der Waals surface area contributed by atoms with Crippen LogP contribution in [0.25, 0.3) is 0 Å². The van der Waals surface area contributed by atoms with Gasteiger partial charge in [-0.1, -0.05) is 52.5 Å². The predicted molar refractivity (Wildman–Crippen MR) is 73.0 cm³/mol. The Morgan fingerprint density at radius 2 is 1.47 bits per heavy atom. The average Bonchev–Trinajstić information content (AvgIpc) is 2.23. The van der Waals surface area contributed by atoms with E-state index in [2.05, 4.69) is 0 Å². The maximum Gasteiger partial charge on any atom is 0.147 e. The molecule has 0 aromatic heterocycles. The second-order valence-corrected chi connectivity index (χ2v) is 4.92. The van der Waals surface area contributed by atoms with Crippen LogP contribution in [0.2, 0.25) is 20.1 Å². The molecule has 5 heteroatoms. The third-order valence-corrected chi connectivity index (χ3v) is 3.22. The molecule has 0 aliphatic heterocycles. The number of hydrogen-bond donors (Lipinski definition) is 0. The molecule has 2 aromatic rings. The van der Waals surface area contributed by atoms with Crippen LogP contribution < -0.4 is 4.74 Å². The van der Waals surface area contributed by atoms with E-state index >= 15 is 0 Å². The standard InChI is InChI=1S/C12H6Cl4O/c13-7-4-8(14)6-9(5-7)17-11-3-1-2-10(15)12(11)16/h1-6H. The highest BCUT2D eigenvalue weighted by Crippen LogP contribution is 2.36. The van der Waals surface area contributed by atoms with Crippen molar-refractivity contribution in [2.24, 2.45) is 0 Å². The fourth-order valence-corrected chi connectivity index (χ4v) is 2.11. The second kappa shape index (κ2) is 5.36. The lowest BCUT2D eigenvalue weighted by molar-refractivity contribution is 0.483. The van der Waals surface area contributed by atoms with Gasteiger partial charge < -0.3 is 4.74 Å². The Morgan fingerprint density at radius 1 is 0.824 bits per heavy atom. The van der Waals surface area contributed by atoms with Gasteiger partial charge in [-0.25, -0.2) is 0 Å². The van der Waals surface area contributed by atoms with E-state index < -0.39 is 0 Å². The smallest absolute Gasteiger partial charge is 0.147 e. The van der Waals surface area contributed by atoms with Gasteiger partial charge in [0, 0.05) is 10.0 Å². The molecule has 0 saturated heterocycles. The molecule has 0 atom stereocenters. The number of hydrogen-bond acceptors (Lipinski definition) is 1. The van der Waals surface area contributed by atoms with E-state index in [0.29, 0.717) is 31.6 Å². The molecule has 0 unspecified atom stereocenters. The lowest BCUT2D eigenvalue weighted by Gasteiger charge is -2.09. The molecule has 0 saturated carbocycles. The van der Waals surface area contributed by atoms with E-state index in [1.54, 1.807) is 36.4 Å². The molecule has 2 aromatic carbocycles. The van der Waals surface area contributed by atoms with Crippen LogP contribution in [0.1, 0.15) is 0 Å². The normalized spacial score (nSPS) is 10.4. The first-order valence-corrected chi connectivity index (χ1v) is 6.15. The van der Waals surface area contributed by atoms with Crippen molar-refractivity contribution < 1.29 is 4.74 Å². The van der Waals surface area contributed by atoms with Crippen LogP contribution in [0.5, 0.6) is 11.5 Å². The third-order valence-electron chi connectivity index (χ3n) is 1.98. The molecule has 0 bridgehead atoms. The van der Waals surface area contributed by atoms with Gasteiger partial charge in [0.15, 0.2) is 0 Å². The molecular weight excluding hydrogens is 302 g/mol. The highest BCUT2D eigenvalue weighted by Gasteiger charge is 2.07. The molecule has 0 fully saturated rings. The summed E-state index contributed by atoms with van der Waals surface area (Å²) in [4.78, 5) is 0. The highest BCUT2D eigenvalue weighted by atomic mass is 35.5. The quantitative estimate of drug-likeness (QED) is 0.652. The summed E-state index contributed by atoms with van der Waals surface area (Å²) in [5, 5.41) is 1.76. The largest absolute Gasteiger partial charge is 0.456 e. The lowest BCUT2D eigenvalue weighted by Crippen LogP contribution is -1.86. The summed E-state index contributed by atoms with van der Waals surface area (Å²) in [7, 11) is 0. The number of ether oxygens (including phenoxy) is 1. The average molecular weight is 308 g/mol. The summed E-state index contributed by atoms with van der Waals surface area (Å²) in [6, 6.07) is 10.0. The van der Waals surface area contributed by atoms with Crippen LogP contribution in [0.4, 0.5) is 0 Å². The number of rotatable bonds is 2. The topological polar surface area (TPSA) is 9.23 Å². The maximum atomic E-state index is 6.00. The molecular formula is C12H6Cl4O. The zero-order valence-electron chi connectivity index (χ0n) is 8.38. The summed E-state index contributed by atoms with van der Waals surface area (Å²) in [5.41, 5.74) is 0. The highest BCUT2D eigenvalue weighted by molar-refractivity contribution is 6.43. The molecule has 0 amide bonds. The van der Waals surface area contributed by atoms with Crippen molar-refractivity contribution in [3.8, 4) is 11.5 Å². The zero-order valence-corrected chi connectivity index (χ0v) is 11.4. The summed E-state index contributed by atoms with van der Waals surface area (Å²) < 4.78 is 5.57. The molecule has 2 rings (SSSR count). The van der Waals surface area contributed by atoms with Crippen molar-refractivity contribution >= 4 is 46.4 Å². The van der Waals surface area contributed by atoms with Crippen molar-refractivity contribution in [2.75, 3.05) is 0 Å². The van der Waals surface area contributed by atoms with Crippen LogP contribution in [0, 0.1) is 0 Å². The molecule has 0 spiro atoms. The summed E-state index contributed by atoms with van der Waals surface area (Å²) in [5.74, 6) is 0.962.